The maximum atomic E-state index is 2.56. The summed E-state index contributed by atoms with van der Waals surface area (Å²) in [5.74, 6) is 0. The van der Waals surface area contributed by atoms with Crippen LogP contribution in [0.3, 0.4) is 0 Å². The fourth-order valence-electron chi connectivity index (χ4n) is 14.4. The first-order valence-corrected chi connectivity index (χ1v) is 29.0. The summed E-state index contributed by atoms with van der Waals surface area (Å²) >= 11 is 0. The second kappa shape index (κ2) is 18.2. The van der Waals surface area contributed by atoms with E-state index in [1.54, 1.807) is 0 Å². The van der Waals surface area contributed by atoms with E-state index in [1.807, 2.05) is 0 Å². The summed E-state index contributed by atoms with van der Waals surface area (Å²) in [5.41, 5.74) is 25.6. The average Bonchev–Trinajstić information content (AvgIpc) is 2.00. The van der Waals surface area contributed by atoms with Crippen molar-refractivity contribution in [2.45, 2.75) is 0 Å². The second-order valence-electron chi connectivity index (χ2n) is 22.4. The van der Waals surface area contributed by atoms with Crippen LogP contribution in [-0.4, -0.2) is 20.4 Å². The van der Waals surface area contributed by atoms with Gasteiger partial charge in [-0.15, -0.1) is 0 Å². The van der Waals surface area contributed by atoms with Crippen molar-refractivity contribution in [3.8, 4) is 39.3 Å². The molecule has 5 heterocycles. The van der Waals surface area contributed by atoms with Crippen LogP contribution in [0.4, 0.5) is 34.1 Å². The third kappa shape index (κ3) is 6.85. The van der Waals surface area contributed by atoms with E-state index in [-0.39, 0.29) is 6.71 Å². The topological polar surface area (TPSA) is 21.3 Å². The summed E-state index contributed by atoms with van der Waals surface area (Å²) in [6.45, 7) is -0.201. The van der Waals surface area contributed by atoms with Crippen molar-refractivity contribution in [3.05, 3.63) is 303 Å². The van der Waals surface area contributed by atoms with Gasteiger partial charge >= 0.3 is 0 Å². The van der Waals surface area contributed by atoms with Gasteiger partial charge in [0, 0.05) is 77.8 Å². The Bertz CT molecular complexity index is 4890. The zero-order valence-electron chi connectivity index (χ0n) is 45.7. The van der Waals surface area contributed by atoms with E-state index in [0.29, 0.717) is 0 Å². The lowest BCUT2D eigenvalue weighted by Gasteiger charge is -2.44. The number of fused-ring (bicyclic) bond motifs is 13. The Labute approximate surface area is 486 Å². The van der Waals surface area contributed by atoms with Crippen molar-refractivity contribution < 1.29 is 0 Å². The molecule has 0 unspecified atom stereocenters. The van der Waals surface area contributed by atoms with E-state index >= 15 is 0 Å². The lowest BCUT2D eigenvalue weighted by Crippen LogP contribution is -2.61. The number of hydrogen-bond donors (Lipinski definition) is 0. The largest absolute Gasteiger partial charge is 0.311 e. The Balaban J connectivity index is 0.971. The van der Waals surface area contributed by atoms with Gasteiger partial charge in [0.25, 0.3) is 6.71 Å². The Morgan fingerprint density at radius 1 is 0.202 bits per heavy atom. The second-order valence-corrected chi connectivity index (χ2v) is 22.4. The molecule has 18 rings (SSSR count). The van der Waals surface area contributed by atoms with Gasteiger partial charge in [-0.05, 0) is 148 Å². The molecule has 0 bridgehead atoms. The van der Waals surface area contributed by atoms with E-state index in [4.69, 9.17) is 0 Å². The summed E-state index contributed by atoms with van der Waals surface area (Å²) in [6, 6.07) is 113. The van der Waals surface area contributed by atoms with Crippen LogP contribution in [0.5, 0.6) is 0 Å². The number of anilines is 6. The zero-order valence-corrected chi connectivity index (χ0v) is 45.7. The van der Waals surface area contributed by atoms with Gasteiger partial charge in [-0.3, -0.25) is 0 Å². The molecule has 16 aromatic rings. The van der Waals surface area contributed by atoms with E-state index in [0.717, 1.165) is 51.2 Å². The Hall–Kier alpha value is -11.1. The molecule has 0 amide bonds. The van der Waals surface area contributed by atoms with Crippen LogP contribution < -0.4 is 26.2 Å². The summed E-state index contributed by atoms with van der Waals surface area (Å²) in [6.07, 6.45) is 0. The number of rotatable bonds is 7. The highest BCUT2D eigenvalue weighted by molar-refractivity contribution is 7.00. The third-order valence-electron chi connectivity index (χ3n) is 18.0. The number of aromatic nitrogens is 3. The van der Waals surface area contributed by atoms with Crippen LogP contribution in [0.15, 0.2) is 303 Å². The molecule has 0 saturated carbocycles. The van der Waals surface area contributed by atoms with E-state index < -0.39 is 0 Å². The molecule has 2 aliphatic heterocycles. The fourth-order valence-corrected chi connectivity index (χ4v) is 14.4. The first kappa shape index (κ1) is 46.7. The quantitative estimate of drug-likeness (QED) is 0.148. The first-order chi connectivity index (χ1) is 41.7. The van der Waals surface area contributed by atoms with Gasteiger partial charge in [0.05, 0.1) is 38.8 Å². The molecule has 0 fully saturated rings. The highest BCUT2D eigenvalue weighted by atomic mass is 15.2. The van der Waals surface area contributed by atoms with Crippen LogP contribution >= 0.6 is 0 Å². The first-order valence-electron chi connectivity index (χ1n) is 29.0. The van der Waals surface area contributed by atoms with Gasteiger partial charge in [0.2, 0.25) is 0 Å². The van der Waals surface area contributed by atoms with Crippen LogP contribution in [0, 0.1) is 0 Å². The normalized spacial score (nSPS) is 12.7. The Kier molecular flexibility index (Phi) is 10.1. The number of hydrogen-bond acceptors (Lipinski definition) is 2. The predicted molar refractivity (Wildman–Crippen MR) is 354 cm³/mol. The molecule has 0 aliphatic carbocycles. The Morgan fingerprint density at radius 3 is 0.810 bits per heavy atom. The van der Waals surface area contributed by atoms with Gasteiger partial charge < -0.3 is 23.5 Å². The van der Waals surface area contributed by atoms with Gasteiger partial charge in [-0.25, -0.2) is 0 Å². The molecule has 84 heavy (non-hydrogen) atoms. The molecule has 3 aromatic heterocycles. The maximum absolute atomic E-state index is 2.56. The molecule has 13 aromatic carbocycles. The lowest BCUT2D eigenvalue weighted by molar-refractivity contribution is 1.15. The molecule has 5 nitrogen and oxygen atoms in total. The Morgan fingerprint density at radius 2 is 0.476 bits per heavy atom. The SMILES string of the molecule is c1ccc(-c2ccc(N3c4ccc(-n5c6ccccc6c6ccccc65)cc4B4c5cc(-n6c7ccccc7c7ccccc76)ccc5N(c5ccc(-c6ccccc6)cc5)c5cc(-n6c7ccccc7c7ccccc76)cc3c54)cc2)cc1. The molecule has 2 aliphatic rings. The minimum absolute atomic E-state index is 0.201. The molecule has 0 radical (unpaired) electrons. The molecule has 0 N–H and O–H groups in total. The van der Waals surface area contributed by atoms with Gasteiger partial charge in [0.15, 0.2) is 0 Å². The van der Waals surface area contributed by atoms with Crippen molar-refractivity contribution in [1.29, 1.82) is 0 Å². The molecule has 0 atom stereocenters. The van der Waals surface area contributed by atoms with Crippen molar-refractivity contribution in [2.75, 3.05) is 9.80 Å². The molecule has 390 valence electrons. The van der Waals surface area contributed by atoms with Crippen molar-refractivity contribution in [3.63, 3.8) is 0 Å². The summed E-state index contributed by atoms with van der Waals surface area (Å²) in [7, 11) is 0. The molecule has 0 saturated heterocycles. The average molecular weight is 1070 g/mol. The van der Waals surface area contributed by atoms with Gasteiger partial charge in [-0.1, -0.05) is 194 Å². The number of benzene rings is 13. The smallest absolute Gasteiger partial charge is 0.252 e. The van der Waals surface area contributed by atoms with E-state index in [2.05, 4.69) is 327 Å². The van der Waals surface area contributed by atoms with Gasteiger partial charge in [-0.2, -0.15) is 0 Å². The number of nitrogens with zero attached hydrogens (tertiary/aromatic N) is 5. The van der Waals surface area contributed by atoms with E-state index in [9.17, 15) is 0 Å². The molecular weight excluding hydrogens is 1020 g/mol. The van der Waals surface area contributed by atoms with Crippen LogP contribution in [-0.2, 0) is 0 Å². The molecule has 0 spiro atoms. The van der Waals surface area contributed by atoms with Crippen LogP contribution in [0.25, 0.3) is 105 Å². The highest BCUT2D eigenvalue weighted by Gasteiger charge is 2.44. The van der Waals surface area contributed by atoms with Crippen LogP contribution in [0.2, 0.25) is 0 Å². The predicted octanol–water partition coefficient (Wildman–Crippen LogP) is 18.4. The fraction of sp³-hybridized carbons (Fsp3) is 0. The van der Waals surface area contributed by atoms with Crippen molar-refractivity contribution in [2.24, 2.45) is 0 Å². The van der Waals surface area contributed by atoms with Crippen molar-refractivity contribution >= 4 is 123 Å². The summed E-state index contributed by atoms with van der Waals surface area (Å²) < 4.78 is 7.45. The molecular formula is C78H50BN5. The van der Waals surface area contributed by atoms with Gasteiger partial charge in [0.1, 0.15) is 0 Å². The minimum atomic E-state index is -0.201. The standard InChI is InChI=1S/C78H50BN5/c1-3-19-51(20-4-1)53-35-39-55(40-36-53)80-74-45-43-57(82-68-29-13-7-23-60(68)61-24-8-14-30-69(61)82)47-66(74)79-67-48-58(83-70-31-15-9-25-62(70)63-26-10-16-32-71(63)83)44-46-75(67)81(56-41-37-54(38-42-56)52-21-5-2-6-22-52)77-50-59(49-76(80)78(77)79)84-72-33-17-11-27-64(72)65-28-12-18-34-73(65)84/h1-50H. The number of para-hydroxylation sites is 6. The van der Waals surface area contributed by atoms with Crippen LogP contribution in [0.1, 0.15) is 0 Å². The maximum Gasteiger partial charge on any atom is 0.252 e. The van der Waals surface area contributed by atoms with Crippen molar-refractivity contribution in [1.82, 2.24) is 13.7 Å². The lowest BCUT2D eigenvalue weighted by atomic mass is 9.33. The monoisotopic (exact) mass is 1070 g/mol. The minimum Gasteiger partial charge on any atom is -0.311 e. The summed E-state index contributed by atoms with van der Waals surface area (Å²) in [4.78, 5) is 5.12. The molecule has 6 heteroatoms. The summed E-state index contributed by atoms with van der Waals surface area (Å²) in [5, 5.41) is 7.41. The zero-order chi connectivity index (χ0) is 55.0. The third-order valence-corrected chi connectivity index (χ3v) is 18.0. The highest BCUT2D eigenvalue weighted by Crippen LogP contribution is 2.48. The van der Waals surface area contributed by atoms with E-state index in [1.165, 1.54) is 104 Å².